The number of carbonyl (C=O) groups is 1. The highest BCUT2D eigenvalue weighted by atomic mass is 35.5. The fourth-order valence-electron chi connectivity index (χ4n) is 4.29. The number of rotatable bonds is 4. The van der Waals surface area contributed by atoms with E-state index in [0.29, 0.717) is 10.9 Å². The van der Waals surface area contributed by atoms with Gasteiger partial charge < -0.3 is 5.73 Å². The molecule has 0 spiro atoms. The molecule has 2 aromatic heterocycles. The Bertz CT molecular complexity index is 1180. The highest BCUT2D eigenvalue weighted by Gasteiger charge is 2.48. The largest absolute Gasteiger partial charge is 0.369 e. The Morgan fingerprint density at radius 3 is 2.52 bits per heavy atom. The molecule has 2 aliphatic rings. The molecular weight excluding hydrogens is 428 g/mol. The van der Waals surface area contributed by atoms with Gasteiger partial charge in [-0.1, -0.05) is 35.9 Å². The van der Waals surface area contributed by atoms with Crippen molar-refractivity contribution >= 4 is 34.8 Å². The number of carbonyl (C=O) groups excluding carboxylic acids is 1. The van der Waals surface area contributed by atoms with Gasteiger partial charge in [-0.2, -0.15) is 0 Å². The lowest BCUT2D eigenvalue weighted by molar-refractivity contribution is -0.130. The molecule has 1 fully saturated rings. The SMILES string of the molecule is CN1C(=O)[C@H](c2ccc(C3CC3)cc2)[C@@](C)(c2cc(-c3cncc(Cl)c3)cs2)N=C1N. The number of nitrogens with zero attached hydrogens (tertiary/aromatic N) is 3. The molecule has 7 heteroatoms. The quantitative estimate of drug-likeness (QED) is 0.599. The Morgan fingerprint density at radius 2 is 1.84 bits per heavy atom. The van der Waals surface area contributed by atoms with E-state index in [4.69, 9.17) is 22.3 Å². The summed E-state index contributed by atoms with van der Waals surface area (Å²) in [7, 11) is 1.68. The van der Waals surface area contributed by atoms with Gasteiger partial charge in [0.2, 0.25) is 5.91 Å². The van der Waals surface area contributed by atoms with Gasteiger partial charge in [0.05, 0.1) is 10.9 Å². The fourth-order valence-corrected chi connectivity index (χ4v) is 5.52. The molecule has 0 bridgehead atoms. The topological polar surface area (TPSA) is 71.6 Å². The van der Waals surface area contributed by atoms with Crippen molar-refractivity contribution in [1.29, 1.82) is 0 Å². The van der Waals surface area contributed by atoms with E-state index in [1.54, 1.807) is 30.8 Å². The molecule has 2 N–H and O–H groups in total. The Balaban J connectivity index is 1.59. The monoisotopic (exact) mass is 450 g/mol. The first-order chi connectivity index (χ1) is 14.9. The molecular formula is C24H23ClN4OS. The summed E-state index contributed by atoms with van der Waals surface area (Å²) >= 11 is 7.70. The lowest BCUT2D eigenvalue weighted by atomic mass is 9.77. The first kappa shape index (κ1) is 20.2. The smallest absolute Gasteiger partial charge is 0.239 e. The molecule has 2 atom stereocenters. The minimum absolute atomic E-state index is 0.0476. The maximum Gasteiger partial charge on any atom is 0.239 e. The molecule has 5 nitrogen and oxygen atoms in total. The standard InChI is InChI=1S/C24H23ClN4OS/c1-24(20-10-18(13-31-20)17-9-19(25)12-27-11-17)21(22(30)29(2)23(26)28-24)16-7-5-15(6-8-16)14-3-4-14/h5-14,21H,3-4H2,1-2H3,(H2,26,28)/t21-,24+/m0/s1. The number of hydrogen-bond acceptors (Lipinski definition) is 5. The Hall–Kier alpha value is -2.70. The van der Waals surface area contributed by atoms with Crippen molar-refractivity contribution in [3.8, 4) is 11.1 Å². The van der Waals surface area contributed by atoms with Gasteiger partial charge in [-0.05, 0) is 59.9 Å². The second-order valence-corrected chi connectivity index (χ2v) is 9.83. The first-order valence-electron chi connectivity index (χ1n) is 10.3. The molecule has 31 heavy (non-hydrogen) atoms. The summed E-state index contributed by atoms with van der Waals surface area (Å²) in [6.07, 6.45) is 5.89. The molecule has 0 saturated heterocycles. The van der Waals surface area contributed by atoms with Crippen LogP contribution in [0.1, 0.15) is 47.6 Å². The summed E-state index contributed by atoms with van der Waals surface area (Å²) in [5.41, 5.74) is 9.59. The van der Waals surface area contributed by atoms with E-state index in [9.17, 15) is 4.79 Å². The number of aliphatic imine (C=N–C) groups is 1. The van der Waals surface area contributed by atoms with Crippen LogP contribution in [0.15, 0.2) is 59.2 Å². The van der Waals surface area contributed by atoms with Gasteiger partial charge in [-0.25, -0.2) is 4.99 Å². The zero-order valence-electron chi connectivity index (χ0n) is 17.4. The number of thiophene rings is 1. The van der Waals surface area contributed by atoms with E-state index in [1.807, 2.05) is 13.0 Å². The molecule has 1 amide bonds. The Morgan fingerprint density at radius 1 is 1.13 bits per heavy atom. The van der Waals surface area contributed by atoms with E-state index >= 15 is 0 Å². The summed E-state index contributed by atoms with van der Waals surface area (Å²) in [5.74, 6) is 0.401. The molecule has 3 aromatic rings. The normalized spacial score (nSPS) is 23.7. The van der Waals surface area contributed by atoms with E-state index in [2.05, 4.69) is 40.7 Å². The Labute approximate surface area is 190 Å². The number of benzene rings is 1. The maximum absolute atomic E-state index is 13.4. The lowest BCUT2D eigenvalue weighted by Gasteiger charge is -2.40. The highest BCUT2D eigenvalue weighted by Crippen LogP contribution is 2.48. The number of hydrogen-bond donors (Lipinski definition) is 1. The summed E-state index contributed by atoms with van der Waals surface area (Å²) in [4.78, 5) is 24.9. The second-order valence-electron chi connectivity index (χ2n) is 8.48. The predicted molar refractivity (Wildman–Crippen MR) is 125 cm³/mol. The summed E-state index contributed by atoms with van der Waals surface area (Å²) < 4.78 is 0. The van der Waals surface area contributed by atoms with Gasteiger partial charge in [0.1, 0.15) is 5.54 Å². The molecule has 5 rings (SSSR count). The minimum atomic E-state index is -0.802. The van der Waals surface area contributed by atoms with Crippen molar-refractivity contribution in [1.82, 2.24) is 9.88 Å². The van der Waals surface area contributed by atoms with Crippen LogP contribution < -0.4 is 5.73 Å². The third-order valence-corrected chi connectivity index (χ3v) is 7.65. The summed E-state index contributed by atoms with van der Waals surface area (Å²) in [6, 6.07) is 12.4. The third-order valence-electron chi connectivity index (χ3n) is 6.29. The number of guanidine groups is 1. The Kier molecular flexibility index (Phi) is 4.87. The van der Waals surface area contributed by atoms with E-state index in [1.165, 1.54) is 23.3 Å². The molecule has 0 radical (unpaired) electrons. The predicted octanol–water partition coefficient (Wildman–Crippen LogP) is 5.13. The minimum Gasteiger partial charge on any atom is -0.369 e. The third kappa shape index (κ3) is 3.54. The van der Waals surface area contributed by atoms with E-state index < -0.39 is 11.5 Å². The van der Waals surface area contributed by atoms with Crippen molar-refractivity contribution in [3.63, 3.8) is 0 Å². The van der Waals surface area contributed by atoms with Crippen molar-refractivity contribution in [2.75, 3.05) is 7.05 Å². The number of aromatic nitrogens is 1. The van der Waals surface area contributed by atoms with Crippen LogP contribution in [0.4, 0.5) is 0 Å². The maximum atomic E-state index is 13.4. The van der Waals surface area contributed by atoms with Crippen molar-refractivity contribution < 1.29 is 4.79 Å². The zero-order valence-corrected chi connectivity index (χ0v) is 19.0. The number of halogens is 1. The second kappa shape index (κ2) is 7.46. The van der Waals surface area contributed by atoms with E-state index in [-0.39, 0.29) is 11.9 Å². The van der Waals surface area contributed by atoms with Crippen LogP contribution in [0.2, 0.25) is 5.02 Å². The van der Waals surface area contributed by atoms with Gasteiger partial charge >= 0.3 is 0 Å². The van der Waals surface area contributed by atoms with Crippen LogP contribution in [0.25, 0.3) is 11.1 Å². The molecule has 1 aromatic carbocycles. The van der Waals surface area contributed by atoms with Crippen LogP contribution >= 0.6 is 22.9 Å². The molecule has 158 valence electrons. The average Bonchev–Trinajstić information content (AvgIpc) is 3.48. The highest BCUT2D eigenvalue weighted by molar-refractivity contribution is 7.10. The van der Waals surface area contributed by atoms with Crippen LogP contribution in [0.5, 0.6) is 0 Å². The zero-order chi connectivity index (χ0) is 21.8. The van der Waals surface area contributed by atoms with Crippen molar-refractivity contribution in [2.45, 2.75) is 37.1 Å². The first-order valence-corrected chi connectivity index (χ1v) is 11.6. The summed E-state index contributed by atoms with van der Waals surface area (Å²) in [6.45, 7) is 2.00. The number of nitrogens with two attached hydrogens (primary N) is 1. The molecule has 0 unspecified atom stereocenters. The van der Waals surface area contributed by atoms with Crippen molar-refractivity contribution in [2.24, 2.45) is 10.7 Å². The van der Waals surface area contributed by atoms with Crippen LogP contribution in [-0.2, 0) is 10.3 Å². The summed E-state index contributed by atoms with van der Waals surface area (Å²) in [5, 5.41) is 2.64. The lowest BCUT2D eigenvalue weighted by Crippen LogP contribution is -2.52. The van der Waals surface area contributed by atoms with Gasteiger partial charge in [-0.15, -0.1) is 11.3 Å². The van der Waals surface area contributed by atoms with Gasteiger partial charge in [0.25, 0.3) is 0 Å². The van der Waals surface area contributed by atoms with Crippen LogP contribution in [0.3, 0.4) is 0 Å². The molecule has 3 heterocycles. The van der Waals surface area contributed by atoms with Crippen molar-refractivity contribution in [3.05, 3.63) is 75.2 Å². The van der Waals surface area contributed by atoms with Gasteiger partial charge in [0, 0.05) is 29.9 Å². The number of likely N-dealkylation sites (N-methyl/N-ethyl adjacent to an activating group) is 1. The number of amides is 1. The van der Waals surface area contributed by atoms with Crippen LogP contribution in [-0.4, -0.2) is 28.8 Å². The molecule has 1 aliphatic heterocycles. The molecule has 1 aliphatic carbocycles. The van der Waals surface area contributed by atoms with Gasteiger partial charge in [-0.3, -0.25) is 14.7 Å². The van der Waals surface area contributed by atoms with E-state index in [0.717, 1.165) is 21.6 Å². The number of pyridine rings is 1. The van der Waals surface area contributed by atoms with Gasteiger partial charge in [0.15, 0.2) is 5.96 Å². The fraction of sp³-hybridized carbons (Fsp3) is 0.292. The average molecular weight is 451 g/mol. The van der Waals surface area contributed by atoms with Crippen LogP contribution in [0, 0.1) is 0 Å². The molecule has 1 saturated carbocycles.